The van der Waals surface area contributed by atoms with Crippen molar-refractivity contribution < 1.29 is 9.15 Å². The summed E-state index contributed by atoms with van der Waals surface area (Å²) >= 11 is 0. The highest BCUT2D eigenvalue weighted by molar-refractivity contribution is 5.98. The van der Waals surface area contributed by atoms with Gasteiger partial charge in [0.1, 0.15) is 17.0 Å². The molecule has 0 saturated heterocycles. The summed E-state index contributed by atoms with van der Waals surface area (Å²) in [6, 6.07) is 41.3. The third-order valence-electron chi connectivity index (χ3n) is 10.2. The monoisotopic (exact) mass is 737 g/mol. The highest BCUT2D eigenvalue weighted by Gasteiger charge is 2.23. The van der Waals surface area contributed by atoms with Crippen LogP contribution < -0.4 is 4.74 Å². The Bertz CT molecular complexity index is 2700. The minimum absolute atomic E-state index is 0.0350. The Labute approximate surface area is 328 Å². The maximum Gasteiger partial charge on any atom is 0.227 e. The summed E-state index contributed by atoms with van der Waals surface area (Å²) in [5, 5.41) is 20.8. The zero-order chi connectivity index (χ0) is 39.4. The first-order chi connectivity index (χ1) is 26.6. The number of benzene rings is 5. The molecule has 8 aromatic rings. The fourth-order valence-corrected chi connectivity index (χ4v) is 6.88. The van der Waals surface area contributed by atoms with Gasteiger partial charge < -0.3 is 9.15 Å². The van der Waals surface area contributed by atoms with Crippen molar-refractivity contribution in [3.63, 3.8) is 0 Å². The van der Waals surface area contributed by atoms with Crippen molar-refractivity contribution in [2.24, 2.45) is 0 Å². The van der Waals surface area contributed by atoms with Crippen molar-refractivity contribution in [3.8, 4) is 56.6 Å². The average Bonchev–Trinajstić information content (AvgIpc) is 3.61. The number of ether oxygens (including phenoxy) is 1. The summed E-state index contributed by atoms with van der Waals surface area (Å²) in [6.07, 6.45) is 0. The smallest absolute Gasteiger partial charge is 0.227 e. The lowest BCUT2D eigenvalue weighted by Crippen LogP contribution is -2.14. The van der Waals surface area contributed by atoms with Gasteiger partial charge in [0.05, 0.1) is 28.3 Å². The largest absolute Gasteiger partial charge is 0.457 e. The van der Waals surface area contributed by atoms with Crippen LogP contribution in [0.3, 0.4) is 0 Å². The quantitative estimate of drug-likeness (QED) is 0.168. The normalized spacial score (nSPS) is 12.4. The van der Waals surface area contributed by atoms with Crippen molar-refractivity contribution >= 4 is 21.9 Å². The molecule has 8 rings (SSSR count). The van der Waals surface area contributed by atoms with E-state index >= 15 is 0 Å². The Kier molecular flexibility index (Phi) is 9.07. The van der Waals surface area contributed by atoms with E-state index in [0.29, 0.717) is 34.2 Å². The topological polar surface area (TPSA) is 86.8 Å². The van der Waals surface area contributed by atoms with Crippen LogP contribution in [0.4, 0.5) is 0 Å². The molecular weight excluding hydrogens is 691 g/mol. The molecule has 0 unspecified atom stereocenters. The molecule has 0 saturated carbocycles. The van der Waals surface area contributed by atoms with Gasteiger partial charge in [-0.25, -0.2) is 4.98 Å². The van der Waals surface area contributed by atoms with Gasteiger partial charge in [-0.1, -0.05) is 129 Å². The molecule has 0 aliphatic heterocycles. The number of rotatable bonds is 6. The lowest BCUT2D eigenvalue weighted by molar-refractivity contribution is 0.484. The number of fused-ring (bicyclic) bond motifs is 2. The van der Waals surface area contributed by atoms with Crippen molar-refractivity contribution in [2.75, 3.05) is 0 Å². The van der Waals surface area contributed by atoms with Crippen LogP contribution in [-0.2, 0) is 16.2 Å². The van der Waals surface area contributed by atoms with E-state index in [0.717, 1.165) is 55.7 Å². The molecule has 56 heavy (non-hydrogen) atoms. The summed E-state index contributed by atoms with van der Waals surface area (Å²) in [7, 11) is 0. The van der Waals surface area contributed by atoms with E-state index in [1.54, 1.807) is 0 Å². The predicted molar refractivity (Wildman–Crippen MR) is 227 cm³/mol. The third-order valence-corrected chi connectivity index (χ3v) is 10.2. The van der Waals surface area contributed by atoms with Crippen LogP contribution in [-0.4, -0.2) is 25.4 Å². The zero-order valence-electron chi connectivity index (χ0n) is 33.6. The van der Waals surface area contributed by atoms with E-state index in [9.17, 15) is 0 Å². The molecule has 0 atom stereocenters. The minimum Gasteiger partial charge on any atom is -0.457 e. The van der Waals surface area contributed by atoms with E-state index in [1.165, 1.54) is 5.56 Å². The fourth-order valence-electron chi connectivity index (χ4n) is 6.88. The molecular formula is C49H47N5O2. The first-order valence-electron chi connectivity index (χ1n) is 19.2. The molecule has 0 spiro atoms. The standard InChI is InChI=1S/C49H47N5O2/c1-47(2,3)32-19-20-36-31(25-32)26-33(27-38(36)40-21-23-43(53-51-40)48(4,5)6)55-34-28-39(41-22-24-44(54-52-41)49(7,8)9)45-42(29-34)50-46(56-45)37-18-14-13-17-35(37)30-15-11-10-12-16-30/h10-29H,1-9H3. The average molecular weight is 738 g/mol. The first kappa shape index (κ1) is 36.8. The maximum absolute atomic E-state index is 6.83. The Balaban J connectivity index is 1.29. The van der Waals surface area contributed by atoms with Crippen molar-refractivity contribution in [1.82, 2.24) is 25.4 Å². The van der Waals surface area contributed by atoms with Crippen LogP contribution in [0.15, 0.2) is 126 Å². The van der Waals surface area contributed by atoms with Crippen molar-refractivity contribution in [3.05, 3.63) is 138 Å². The second-order valence-corrected chi connectivity index (χ2v) is 17.6. The number of hydrogen-bond donors (Lipinski definition) is 0. The van der Waals surface area contributed by atoms with E-state index in [2.05, 4.69) is 127 Å². The number of oxazole rings is 1. The number of nitrogens with zero attached hydrogens (tertiary/aromatic N) is 5. The van der Waals surface area contributed by atoms with E-state index in [4.69, 9.17) is 24.3 Å². The molecule has 0 N–H and O–H groups in total. The zero-order valence-corrected chi connectivity index (χ0v) is 33.6. The fraction of sp³-hybridized carbons (Fsp3) is 0.245. The molecule has 7 nitrogen and oxygen atoms in total. The Morgan fingerprint density at radius 1 is 0.482 bits per heavy atom. The van der Waals surface area contributed by atoms with Gasteiger partial charge in [-0.2, -0.15) is 20.4 Å². The molecule has 7 heteroatoms. The number of hydrogen-bond acceptors (Lipinski definition) is 7. The van der Waals surface area contributed by atoms with Gasteiger partial charge in [0.25, 0.3) is 0 Å². The Hall–Kier alpha value is -6.21. The van der Waals surface area contributed by atoms with Crippen LogP contribution in [0.25, 0.3) is 67.0 Å². The van der Waals surface area contributed by atoms with Gasteiger partial charge in [-0.05, 0) is 81.4 Å². The second kappa shape index (κ2) is 13.8. The van der Waals surface area contributed by atoms with Crippen LogP contribution in [0, 0.1) is 0 Å². The molecule has 0 radical (unpaired) electrons. The van der Waals surface area contributed by atoms with Crippen molar-refractivity contribution in [2.45, 2.75) is 78.6 Å². The Morgan fingerprint density at radius 3 is 1.68 bits per heavy atom. The summed E-state index contributed by atoms with van der Waals surface area (Å²) < 4.78 is 13.5. The van der Waals surface area contributed by atoms with E-state index < -0.39 is 0 Å². The van der Waals surface area contributed by atoms with Crippen LogP contribution in [0.5, 0.6) is 11.5 Å². The van der Waals surface area contributed by atoms with Crippen LogP contribution >= 0.6 is 0 Å². The summed E-state index contributed by atoms with van der Waals surface area (Å²) in [5.74, 6) is 1.77. The van der Waals surface area contributed by atoms with E-state index in [1.807, 2.05) is 66.7 Å². The second-order valence-electron chi connectivity index (χ2n) is 17.6. The van der Waals surface area contributed by atoms with Crippen LogP contribution in [0.2, 0.25) is 0 Å². The summed E-state index contributed by atoms with van der Waals surface area (Å²) in [4.78, 5) is 5.08. The molecule has 3 aromatic heterocycles. The van der Waals surface area contributed by atoms with Gasteiger partial charge in [0, 0.05) is 28.0 Å². The third kappa shape index (κ3) is 7.29. The Morgan fingerprint density at radius 2 is 1.07 bits per heavy atom. The predicted octanol–water partition coefficient (Wildman–Crippen LogP) is 12.9. The van der Waals surface area contributed by atoms with Crippen LogP contribution in [0.1, 0.15) is 79.3 Å². The molecule has 3 heterocycles. The summed E-state index contributed by atoms with van der Waals surface area (Å²) in [5.41, 5.74) is 10.2. The van der Waals surface area contributed by atoms with Gasteiger partial charge in [-0.15, -0.1) is 0 Å². The molecule has 280 valence electrons. The SMILES string of the molecule is CC(C)(C)c1ccc2c(-c3ccc(C(C)(C)C)nn3)cc(Oc3cc(-c4ccc(C(C)(C)C)nn4)c4oc(-c5ccccc5-c5ccccc5)nc4c3)cc2c1. The van der Waals surface area contributed by atoms with Gasteiger partial charge in [0.15, 0.2) is 5.58 Å². The maximum atomic E-state index is 6.83. The lowest BCUT2D eigenvalue weighted by Gasteiger charge is -2.21. The number of aromatic nitrogens is 5. The van der Waals surface area contributed by atoms with Gasteiger partial charge in [-0.3, -0.25) is 0 Å². The highest BCUT2D eigenvalue weighted by atomic mass is 16.5. The first-order valence-corrected chi connectivity index (χ1v) is 19.2. The van der Waals surface area contributed by atoms with Gasteiger partial charge in [0.2, 0.25) is 5.89 Å². The summed E-state index contributed by atoms with van der Waals surface area (Å²) in [6.45, 7) is 19.5. The minimum atomic E-state index is -0.148. The molecule has 0 aliphatic carbocycles. The molecule has 0 aliphatic rings. The van der Waals surface area contributed by atoms with Gasteiger partial charge >= 0.3 is 0 Å². The molecule has 0 amide bonds. The molecule has 0 fully saturated rings. The van der Waals surface area contributed by atoms with E-state index in [-0.39, 0.29) is 16.2 Å². The lowest BCUT2D eigenvalue weighted by atomic mass is 9.85. The molecule has 0 bridgehead atoms. The molecule has 5 aromatic carbocycles. The van der Waals surface area contributed by atoms with Crippen molar-refractivity contribution in [1.29, 1.82) is 0 Å². The highest BCUT2D eigenvalue weighted by Crippen LogP contribution is 2.41.